The van der Waals surface area contributed by atoms with E-state index in [1.54, 1.807) is 24.3 Å². The summed E-state index contributed by atoms with van der Waals surface area (Å²) < 4.78 is 66.7. The minimum atomic E-state index is -4.96. The SMILES string of the molecule is COc1ccccc1[C@H]1C(C(=O)OC(C)C)=C(C(F)(F)F)N=C2SC=C(CC(=O)NCc3ccc(F)cc3)N21. The molecule has 0 saturated heterocycles. The van der Waals surface area contributed by atoms with Gasteiger partial charge < -0.3 is 19.7 Å². The Morgan fingerprint density at radius 3 is 2.46 bits per heavy atom. The number of allylic oxidation sites excluding steroid dienone is 1. The largest absolute Gasteiger partial charge is 0.496 e. The van der Waals surface area contributed by atoms with Crippen LogP contribution in [-0.2, 0) is 20.9 Å². The molecule has 0 aliphatic carbocycles. The molecule has 0 unspecified atom stereocenters. The van der Waals surface area contributed by atoms with Crippen molar-refractivity contribution in [2.45, 2.75) is 45.1 Å². The molecule has 7 nitrogen and oxygen atoms in total. The number of carbonyl (C=O) groups excluding carboxylic acids is 2. The van der Waals surface area contributed by atoms with E-state index in [2.05, 4.69) is 10.3 Å². The average Bonchev–Trinajstić information content (AvgIpc) is 3.28. The molecule has 1 N–H and O–H groups in total. The second-order valence-electron chi connectivity index (χ2n) is 8.93. The number of alkyl halides is 3. The van der Waals surface area contributed by atoms with Crippen LogP contribution in [-0.4, -0.2) is 41.3 Å². The van der Waals surface area contributed by atoms with Gasteiger partial charge in [0.2, 0.25) is 5.91 Å². The zero-order valence-corrected chi connectivity index (χ0v) is 22.0. The van der Waals surface area contributed by atoms with Gasteiger partial charge in [-0.05, 0) is 43.0 Å². The summed E-state index contributed by atoms with van der Waals surface area (Å²) >= 11 is 0.917. The highest BCUT2D eigenvalue weighted by Crippen LogP contribution is 2.49. The van der Waals surface area contributed by atoms with E-state index in [0.717, 1.165) is 11.8 Å². The van der Waals surface area contributed by atoms with Crippen LogP contribution in [0.4, 0.5) is 17.6 Å². The highest BCUT2D eigenvalue weighted by atomic mass is 32.2. The number of hydrogen-bond donors (Lipinski definition) is 1. The van der Waals surface area contributed by atoms with Crippen molar-refractivity contribution in [3.05, 3.63) is 87.9 Å². The molecule has 2 aromatic carbocycles. The van der Waals surface area contributed by atoms with E-state index < -0.39 is 47.3 Å². The van der Waals surface area contributed by atoms with Gasteiger partial charge in [0.25, 0.3) is 0 Å². The van der Waals surface area contributed by atoms with Crippen molar-refractivity contribution in [1.82, 2.24) is 10.2 Å². The number of methoxy groups -OCH3 is 1. The molecule has 1 amide bonds. The number of thioether (sulfide) groups is 1. The number of fused-ring (bicyclic) bond motifs is 1. The number of amides is 1. The average molecular weight is 564 g/mol. The van der Waals surface area contributed by atoms with Crippen molar-refractivity contribution in [2.24, 2.45) is 4.99 Å². The Hall–Kier alpha value is -3.80. The lowest BCUT2D eigenvalue weighted by molar-refractivity contribution is -0.145. The molecule has 39 heavy (non-hydrogen) atoms. The third-order valence-electron chi connectivity index (χ3n) is 5.82. The third-order valence-corrected chi connectivity index (χ3v) is 6.71. The van der Waals surface area contributed by atoms with E-state index in [0.29, 0.717) is 11.3 Å². The van der Waals surface area contributed by atoms with Crippen LogP contribution in [0.25, 0.3) is 0 Å². The molecule has 4 rings (SSSR count). The van der Waals surface area contributed by atoms with Crippen molar-refractivity contribution in [3.8, 4) is 5.75 Å². The van der Waals surface area contributed by atoms with Gasteiger partial charge in [-0.15, -0.1) is 0 Å². The molecular formula is C27H25F4N3O4S. The normalized spacial score (nSPS) is 17.0. The number of rotatable bonds is 8. The van der Waals surface area contributed by atoms with Gasteiger partial charge in [0, 0.05) is 17.8 Å². The summed E-state index contributed by atoms with van der Waals surface area (Å²) in [6.07, 6.45) is -5.86. The van der Waals surface area contributed by atoms with Gasteiger partial charge in [0.05, 0.1) is 31.2 Å². The van der Waals surface area contributed by atoms with E-state index in [1.165, 1.54) is 55.5 Å². The van der Waals surface area contributed by atoms with Crippen molar-refractivity contribution >= 4 is 28.8 Å². The first-order valence-electron chi connectivity index (χ1n) is 11.9. The molecule has 2 aromatic rings. The maximum atomic E-state index is 14.3. The van der Waals surface area contributed by atoms with Crippen LogP contribution >= 0.6 is 11.8 Å². The smallest absolute Gasteiger partial charge is 0.434 e. The molecular weight excluding hydrogens is 538 g/mol. The number of carbonyl (C=O) groups is 2. The predicted octanol–water partition coefficient (Wildman–Crippen LogP) is 5.61. The molecule has 1 atom stereocenters. The first-order valence-corrected chi connectivity index (χ1v) is 12.8. The third kappa shape index (κ3) is 6.27. The second-order valence-corrected chi connectivity index (χ2v) is 9.77. The summed E-state index contributed by atoms with van der Waals surface area (Å²) in [7, 11) is 1.37. The van der Waals surface area contributed by atoms with Gasteiger partial charge >= 0.3 is 12.1 Å². The van der Waals surface area contributed by atoms with E-state index in [-0.39, 0.29) is 29.4 Å². The van der Waals surface area contributed by atoms with Crippen LogP contribution in [0.2, 0.25) is 0 Å². The number of nitrogens with one attached hydrogen (secondary N) is 1. The summed E-state index contributed by atoms with van der Waals surface area (Å²) in [6, 6.07) is 10.7. The number of ether oxygens (including phenoxy) is 2. The number of para-hydroxylation sites is 1. The Morgan fingerprint density at radius 2 is 1.82 bits per heavy atom. The lowest BCUT2D eigenvalue weighted by Crippen LogP contribution is -2.40. The monoisotopic (exact) mass is 563 g/mol. The molecule has 0 bridgehead atoms. The molecule has 0 spiro atoms. The Bertz CT molecular complexity index is 1350. The molecule has 0 aromatic heterocycles. The number of hydrogen-bond acceptors (Lipinski definition) is 7. The van der Waals surface area contributed by atoms with Gasteiger partial charge in [-0.3, -0.25) is 4.79 Å². The van der Waals surface area contributed by atoms with Crippen LogP contribution in [0.5, 0.6) is 5.75 Å². The van der Waals surface area contributed by atoms with Crippen molar-refractivity contribution < 1.29 is 36.6 Å². The fourth-order valence-corrected chi connectivity index (χ4v) is 5.09. The van der Waals surface area contributed by atoms with E-state index >= 15 is 0 Å². The van der Waals surface area contributed by atoms with E-state index in [4.69, 9.17) is 9.47 Å². The van der Waals surface area contributed by atoms with Crippen LogP contribution in [0.3, 0.4) is 0 Å². The van der Waals surface area contributed by atoms with Crippen LogP contribution in [0.1, 0.15) is 37.4 Å². The van der Waals surface area contributed by atoms with Crippen LogP contribution in [0, 0.1) is 5.82 Å². The van der Waals surface area contributed by atoms with Crippen molar-refractivity contribution in [3.63, 3.8) is 0 Å². The summed E-state index contributed by atoms with van der Waals surface area (Å²) in [4.78, 5) is 31.3. The molecule has 2 heterocycles. The van der Waals surface area contributed by atoms with Crippen LogP contribution in [0.15, 0.2) is 75.9 Å². The van der Waals surface area contributed by atoms with Gasteiger partial charge in [0.1, 0.15) is 11.6 Å². The molecule has 0 radical (unpaired) electrons. The summed E-state index contributed by atoms with van der Waals surface area (Å²) in [5.41, 5.74) is -0.793. The van der Waals surface area contributed by atoms with Gasteiger partial charge in [-0.25, -0.2) is 14.2 Å². The Balaban J connectivity index is 1.73. The number of nitrogens with zero attached hydrogens (tertiary/aromatic N) is 2. The summed E-state index contributed by atoms with van der Waals surface area (Å²) in [5, 5.41) is 4.21. The molecule has 0 saturated carbocycles. The van der Waals surface area contributed by atoms with Gasteiger partial charge in [0.15, 0.2) is 10.9 Å². The lowest BCUT2D eigenvalue weighted by Gasteiger charge is -2.37. The van der Waals surface area contributed by atoms with Gasteiger partial charge in [-0.1, -0.05) is 42.1 Å². The maximum Gasteiger partial charge on any atom is 0.434 e. The second kappa shape index (κ2) is 11.5. The van der Waals surface area contributed by atoms with Crippen molar-refractivity contribution in [2.75, 3.05) is 7.11 Å². The summed E-state index contributed by atoms with van der Waals surface area (Å²) in [6.45, 7) is 3.19. The number of aliphatic imine (C=N–C) groups is 1. The topological polar surface area (TPSA) is 80.2 Å². The molecule has 2 aliphatic heterocycles. The predicted molar refractivity (Wildman–Crippen MR) is 138 cm³/mol. The highest BCUT2D eigenvalue weighted by molar-refractivity contribution is 8.16. The van der Waals surface area contributed by atoms with E-state index in [1.807, 2.05) is 0 Å². The zero-order valence-electron chi connectivity index (χ0n) is 21.2. The molecule has 12 heteroatoms. The Labute approximate surface area is 226 Å². The lowest BCUT2D eigenvalue weighted by atomic mass is 9.92. The first-order chi connectivity index (χ1) is 18.5. The number of amidine groups is 1. The Kier molecular flexibility index (Phi) is 8.34. The fourth-order valence-electron chi connectivity index (χ4n) is 4.17. The standard InChI is InChI=1S/C27H25F4N3O4S/c1-15(2)38-25(36)22-23(19-6-4-5-7-20(19)37-3)34-18(14-39-26(34)33-24(22)27(29,30)31)12-21(35)32-13-16-8-10-17(28)11-9-16/h4-11,14-15,23H,12-13H2,1-3H3,(H,32,35)/t23-/m0/s1. The summed E-state index contributed by atoms with van der Waals surface area (Å²) in [5.74, 6) is -1.76. The first kappa shape index (κ1) is 28.2. The highest BCUT2D eigenvalue weighted by Gasteiger charge is 2.50. The fraction of sp³-hybridized carbons (Fsp3) is 0.296. The van der Waals surface area contributed by atoms with E-state index in [9.17, 15) is 27.2 Å². The number of esters is 1. The quantitative estimate of drug-likeness (QED) is 0.332. The molecule has 2 aliphatic rings. The van der Waals surface area contributed by atoms with Crippen molar-refractivity contribution in [1.29, 1.82) is 0 Å². The Morgan fingerprint density at radius 1 is 1.13 bits per heavy atom. The zero-order chi connectivity index (χ0) is 28.3. The van der Waals surface area contributed by atoms with Gasteiger partial charge in [-0.2, -0.15) is 13.2 Å². The molecule has 0 fully saturated rings. The maximum absolute atomic E-state index is 14.3. The minimum absolute atomic E-state index is 0.0411. The molecule has 206 valence electrons. The number of halogens is 4. The number of benzene rings is 2. The van der Waals surface area contributed by atoms with Crippen LogP contribution < -0.4 is 10.1 Å². The minimum Gasteiger partial charge on any atom is -0.496 e.